The number of hydrogen-bond donors (Lipinski definition) is 1. The van der Waals surface area contributed by atoms with Gasteiger partial charge in [-0.3, -0.25) is 4.79 Å². The molecule has 114 valence electrons. The van der Waals surface area contributed by atoms with Crippen LogP contribution in [0.5, 0.6) is 5.75 Å². The van der Waals surface area contributed by atoms with E-state index in [4.69, 9.17) is 4.74 Å². The SMILES string of the molecule is CC1(C(=O)O)CCCN1C(=O)COc1ccc(Br)cc1Br. The molecular weight excluding hydrogens is 406 g/mol. The number of carboxylic acids is 1. The maximum Gasteiger partial charge on any atom is 0.329 e. The maximum absolute atomic E-state index is 12.2. The van der Waals surface area contributed by atoms with Crippen molar-refractivity contribution in [2.45, 2.75) is 25.3 Å². The molecule has 1 saturated heterocycles. The molecule has 0 aliphatic carbocycles. The van der Waals surface area contributed by atoms with E-state index in [1.807, 2.05) is 12.1 Å². The first-order valence-corrected chi connectivity index (χ1v) is 8.05. The number of rotatable bonds is 4. The van der Waals surface area contributed by atoms with E-state index in [1.54, 1.807) is 13.0 Å². The molecule has 1 atom stereocenters. The highest BCUT2D eigenvalue weighted by atomic mass is 79.9. The zero-order valence-corrected chi connectivity index (χ0v) is 14.6. The van der Waals surface area contributed by atoms with Crippen molar-refractivity contribution in [2.75, 3.05) is 13.2 Å². The normalized spacial score (nSPS) is 21.4. The monoisotopic (exact) mass is 419 g/mol. The van der Waals surface area contributed by atoms with Crippen LogP contribution >= 0.6 is 31.9 Å². The van der Waals surface area contributed by atoms with E-state index in [2.05, 4.69) is 31.9 Å². The smallest absolute Gasteiger partial charge is 0.329 e. The van der Waals surface area contributed by atoms with Crippen molar-refractivity contribution in [3.05, 3.63) is 27.1 Å². The lowest BCUT2D eigenvalue weighted by Crippen LogP contribution is -2.52. The van der Waals surface area contributed by atoms with Gasteiger partial charge in [-0.25, -0.2) is 4.79 Å². The molecule has 1 unspecified atom stereocenters. The zero-order valence-electron chi connectivity index (χ0n) is 11.4. The number of likely N-dealkylation sites (tertiary alicyclic amines) is 1. The third-order valence-corrected chi connectivity index (χ3v) is 4.76. The summed E-state index contributed by atoms with van der Waals surface area (Å²) in [6.07, 6.45) is 1.16. The molecule has 1 aliphatic heterocycles. The third kappa shape index (κ3) is 3.40. The molecular formula is C14H15Br2NO4. The predicted octanol–water partition coefficient (Wildman–Crippen LogP) is 3.06. The van der Waals surface area contributed by atoms with E-state index in [0.717, 1.165) is 8.95 Å². The third-order valence-electron chi connectivity index (χ3n) is 3.65. The zero-order chi connectivity index (χ0) is 15.6. The topological polar surface area (TPSA) is 66.8 Å². The summed E-state index contributed by atoms with van der Waals surface area (Å²) in [5, 5.41) is 9.30. The van der Waals surface area contributed by atoms with Crippen molar-refractivity contribution in [1.29, 1.82) is 0 Å². The van der Waals surface area contributed by atoms with Crippen LogP contribution in [0.25, 0.3) is 0 Å². The van der Waals surface area contributed by atoms with E-state index in [-0.39, 0.29) is 12.5 Å². The Balaban J connectivity index is 2.03. The number of ether oxygens (including phenoxy) is 1. The number of nitrogens with zero attached hydrogens (tertiary/aromatic N) is 1. The van der Waals surface area contributed by atoms with Gasteiger partial charge in [0.25, 0.3) is 5.91 Å². The minimum Gasteiger partial charge on any atom is -0.483 e. The average Bonchev–Trinajstić information content (AvgIpc) is 2.81. The largest absolute Gasteiger partial charge is 0.483 e. The first kappa shape index (κ1) is 16.3. The first-order valence-electron chi connectivity index (χ1n) is 6.46. The molecule has 1 aromatic carbocycles. The van der Waals surface area contributed by atoms with Crippen LogP contribution in [0, 0.1) is 0 Å². The Morgan fingerprint density at radius 1 is 1.43 bits per heavy atom. The first-order chi connectivity index (χ1) is 9.84. The van der Waals surface area contributed by atoms with Gasteiger partial charge in [-0.2, -0.15) is 0 Å². The van der Waals surface area contributed by atoms with Gasteiger partial charge in [0.05, 0.1) is 4.47 Å². The van der Waals surface area contributed by atoms with E-state index < -0.39 is 11.5 Å². The molecule has 1 N–H and O–H groups in total. The van der Waals surface area contributed by atoms with Gasteiger partial charge in [-0.1, -0.05) is 15.9 Å². The minimum absolute atomic E-state index is 0.177. The van der Waals surface area contributed by atoms with Crippen LogP contribution in [0.1, 0.15) is 19.8 Å². The van der Waals surface area contributed by atoms with E-state index in [9.17, 15) is 14.7 Å². The number of halogens is 2. The summed E-state index contributed by atoms with van der Waals surface area (Å²) in [5.74, 6) is -0.742. The Hall–Kier alpha value is -1.08. The summed E-state index contributed by atoms with van der Waals surface area (Å²) < 4.78 is 7.11. The molecule has 0 bridgehead atoms. The highest BCUT2D eigenvalue weighted by Gasteiger charge is 2.45. The van der Waals surface area contributed by atoms with Crippen molar-refractivity contribution in [2.24, 2.45) is 0 Å². The molecule has 5 nitrogen and oxygen atoms in total. The number of carbonyl (C=O) groups excluding carboxylic acids is 1. The summed E-state index contributed by atoms with van der Waals surface area (Å²) in [5.41, 5.74) is -1.13. The van der Waals surface area contributed by atoms with Crippen LogP contribution in [0.4, 0.5) is 0 Å². The quantitative estimate of drug-likeness (QED) is 0.812. The Bertz CT molecular complexity index is 578. The molecule has 0 spiro atoms. The van der Waals surface area contributed by atoms with Crippen molar-refractivity contribution in [1.82, 2.24) is 4.90 Å². The van der Waals surface area contributed by atoms with Gasteiger partial charge in [0.15, 0.2) is 6.61 Å². The lowest BCUT2D eigenvalue weighted by molar-refractivity contribution is -0.156. The number of hydrogen-bond acceptors (Lipinski definition) is 3. The second-order valence-electron chi connectivity index (χ2n) is 5.09. The summed E-state index contributed by atoms with van der Waals surface area (Å²) >= 11 is 6.69. The lowest BCUT2D eigenvalue weighted by Gasteiger charge is -2.31. The van der Waals surface area contributed by atoms with Crippen LogP contribution in [-0.4, -0.2) is 40.6 Å². The van der Waals surface area contributed by atoms with Crippen LogP contribution in [-0.2, 0) is 9.59 Å². The summed E-state index contributed by atoms with van der Waals surface area (Å²) in [6.45, 7) is 1.85. The molecule has 1 heterocycles. The van der Waals surface area contributed by atoms with Gasteiger partial charge >= 0.3 is 5.97 Å². The molecule has 7 heteroatoms. The van der Waals surface area contributed by atoms with Gasteiger partial charge in [-0.05, 0) is 53.9 Å². The summed E-state index contributed by atoms with van der Waals surface area (Å²) in [4.78, 5) is 25.0. The Labute approximate surface area is 139 Å². The van der Waals surface area contributed by atoms with Gasteiger partial charge in [-0.15, -0.1) is 0 Å². The number of aliphatic carboxylic acids is 1. The van der Waals surface area contributed by atoms with Crippen molar-refractivity contribution in [3.8, 4) is 5.75 Å². The van der Waals surface area contributed by atoms with Gasteiger partial charge < -0.3 is 14.7 Å². The van der Waals surface area contributed by atoms with E-state index in [1.165, 1.54) is 4.90 Å². The molecule has 21 heavy (non-hydrogen) atoms. The Morgan fingerprint density at radius 3 is 2.76 bits per heavy atom. The molecule has 2 rings (SSSR count). The molecule has 1 aromatic rings. The number of carboxylic acid groups (broad SMARTS) is 1. The Kier molecular flexibility index (Phi) is 4.93. The van der Waals surface area contributed by atoms with Gasteiger partial charge in [0.1, 0.15) is 11.3 Å². The van der Waals surface area contributed by atoms with Crippen molar-refractivity contribution >= 4 is 43.7 Å². The molecule has 1 aliphatic rings. The predicted molar refractivity (Wildman–Crippen MR) is 84.3 cm³/mol. The van der Waals surface area contributed by atoms with Crippen LogP contribution in [0.3, 0.4) is 0 Å². The molecule has 0 radical (unpaired) electrons. The molecule has 0 aromatic heterocycles. The standard InChI is InChI=1S/C14H15Br2NO4/c1-14(13(19)20)5-2-6-17(14)12(18)8-21-11-4-3-9(15)7-10(11)16/h3-4,7H,2,5-6,8H2,1H3,(H,19,20). The number of benzene rings is 1. The number of carbonyl (C=O) groups is 2. The summed E-state index contributed by atoms with van der Waals surface area (Å²) in [7, 11) is 0. The molecule has 1 fully saturated rings. The maximum atomic E-state index is 12.2. The van der Waals surface area contributed by atoms with Crippen LogP contribution in [0.2, 0.25) is 0 Å². The highest BCUT2D eigenvalue weighted by Crippen LogP contribution is 2.31. The van der Waals surface area contributed by atoms with Crippen LogP contribution < -0.4 is 4.74 Å². The fourth-order valence-electron chi connectivity index (χ4n) is 2.40. The molecule has 0 saturated carbocycles. The molecule has 1 amide bonds. The summed E-state index contributed by atoms with van der Waals surface area (Å²) in [6, 6.07) is 5.36. The van der Waals surface area contributed by atoms with Crippen LogP contribution in [0.15, 0.2) is 27.1 Å². The van der Waals surface area contributed by atoms with E-state index >= 15 is 0 Å². The Morgan fingerprint density at radius 2 is 2.14 bits per heavy atom. The minimum atomic E-state index is -1.13. The van der Waals surface area contributed by atoms with Gasteiger partial charge in [0.2, 0.25) is 0 Å². The average molecular weight is 421 g/mol. The van der Waals surface area contributed by atoms with Crippen molar-refractivity contribution in [3.63, 3.8) is 0 Å². The second-order valence-corrected chi connectivity index (χ2v) is 6.86. The van der Waals surface area contributed by atoms with E-state index in [0.29, 0.717) is 25.1 Å². The second kappa shape index (κ2) is 6.36. The van der Waals surface area contributed by atoms with Crippen molar-refractivity contribution < 1.29 is 19.4 Å². The fraction of sp³-hybridized carbons (Fsp3) is 0.429. The highest BCUT2D eigenvalue weighted by molar-refractivity contribution is 9.11. The lowest BCUT2D eigenvalue weighted by atomic mass is 9.99. The fourth-order valence-corrected chi connectivity index (χ4v) is 3.56. The van der Waals surface area contributed by atoms with Gasteiger partial charge in [0, 0.05) is 11.0 Å². The number of amides is 1.